The summed E-state index contributed by atoms with van der Waals surface area (Å²) in [7, 11) is 5.22. The normalized spacial score (nSPS) is 53.2. The number of aliphatic hydroxyl groups excluding tert-OH is 1. The number of fused-ring (bicyclic) bond motifs is 2. The van der Waals surface area contributed by atoms with Gasteiger partial charge in [-0.2, -0.15) is 0 Å². The molecule has 37 heavy (non-hydrogen) atoms. The van der Waals surface area contributed by atoms with Gasteiger partial charge in [0.25, 0.3) is 0 Å². The predicted octanol–water partition coefficient (Wildman–Crippen LogP) is 1.64. The number of carbonyl (C=O) groups excluding carboxylic acids is 2. The zero-order valence-electron chi connectivity index (χ0n) is 23.0. The van der Waals surface area contributed by atoms with Gasteiger partial charge < -0.3 is 28.8 Å². The molecule has 0 aromatic carbocycles. The van der Waals surface area contributed by atoms with Crippen molar-refractivity contribution in [3.63, 3.8) is 0 Å². The lowest BCUT2D eigenvalue weighted by Crippen LogP contribution is -2.76. The molecule has 1 heterocycles. The molecule has 6 aliphatic rings. The van der Waals surface area contributed by atoms with Gasteiger partial charge in [-0.05, 0) is 31.7 Å². The highest BCUT2D eigenvalue weighted by molar-refractivity contribution is 5.68. The van der Waals surface area contributed by atoms with Crippen molar-refractivity contribution in [2.45, 2.75) is 82.5 Å². The molecule has 0 aromatic rings. The highest BCUT2D eigenvalue weighted by atomic mass is 16.6. The average molecular weight is 522 g/mol. The van der Waals surface area contributed by atoms with Gasteiger partial charge in [0.15, 0.2) is 0 Å². The van der Waals surface area contributed by atoms with Crippen LogP contribution in [0, 0.1) is 40.4 Å². The highest BCUT2D eigenvalue weighted by Crippen LogP contribution is 2.80. The first-order chi connectivity index (χ1) is 17.7. The third kappa shape index (κ3) is 2.98. The summed E-state index contributed by atoms with van der Waals surface area (Å²) in [4.78, 5) is 27.8. The number of nitrogens with zero attached hydrogens (tertiary/aromatic N) is 1. The lowest BCUT2D eigenvalue weighted by Gasteiger charge is -2.69. The molecule has 0 aromatic heterocycles. The van der Waals surface area contributed by atoms with E-state index < -0.39 is 23.2 Å². The number of likely N-dealkylation sites (tertiary alicyclic amines) is 1. The highest BCUT2D eigenvalue weighted by Gasteiger charge is 2.87. The molecule has 1 N–H and O–H groups in total. The molecule has 1 unspecified atom stereocenters. The summed E-state index contributed by atoms with van der Waals surface area (Å²) < 4.78 is 31.0. The van der Waals surface area contributed by atoms with Crippen molar-refractivity contribution in [2.75, 3.05) is 41.0 Å². The van der Waals surface area contributed by atoms with Gasteiger partial charge in [-0.1, -0.05) is 6.92 Å². The molecule has 13 atom stereocenters. The Kier molecular flexibility index (Phi) is 6.05. The second kappa shape index (κ2) is 8.62. The van der Waals surface area contributed by atoms with E-state index in [1.807, 2.05) is 0 Å². The van der Waals surface area contributed by atoms with Crippen molar-refractivity contribution >= 4 is 11.9 Å². The summed E-state index contributed by atoms with van der Waals surface area (Å²) in [6, 6.07) is -0.0133. The standard InChI is InChI=1S/C28H43NO8/c1-7-29-12-26(13-33-4)9-8-19(32)28-17-10-16-18(34-5)11-27(37-15(3)31,20(17)22(16)36-14(2)30)21(25(28)29)23(35-6)24(26)28/h16-25,32H,7-13H2,1-6H3/t16-,17-,18+,19+,20-,21+,22+,23+,24-,25?,26+,27-,28+/m1/s1. The van der Waals surface area contributed by atoms with Crippen LogP contribution >= 0.6 is 0 Å². The van der Waals surface area contributed by atoms with Gasteiger partial charge in [-0.3, -0.25) is 14.5 Å². The Morgan fingerprint density at radius 3 is 2.41 bits per heavy atom. The summed E-state index contributed by atoms with van der Waals surface area (Å²) in [6.45, 7) is 7.38. The summed E-state index contributed by atoms with van der Waals surface area (Å²) in [5.74, 6) is -1.05. The van der Waals surface area contributed by atoms with E-state index in [0.717, 1.165) is 25.9 Å². The number of rotatable bonds is 7. The summed E-state index contributed by atoms with van der Waals surface area (Å²) >= 11 is 0. The maximum Gasteiger partial charge on any atom is 0.303 e. The van der Waals surface area contributed by atoms with E-state index in [9.17, 15) is 14.7 Å². The van der Waals surface area contributed by atoms with Crippen molar-refractivity contribution in [1.82, 2.24) is 4.90 Å². The summed E-state index contributed by atoms with van der Waals surface area (Å²) in [5.41, 5.74) is -1.57. The van der Waals surface area contributed by atoms with Crippen LogP contribution in [0.3, 0.4) is 0 Å². The van der Waals surface area contributed by atoms with Crippen molar-refractivity contribution in [3.05, 3.63) is 0 Å². The number of methoxy groups -OCH3 is 3. The van der Waals surface area contributed by atoms with Gasteiger partial charge >= 0.3 is 11.9 Å². The second-order valence-electron chi connectivity index (χ2n) is 12.7. The number of esters is 2. The van der Waals surface area contributed by atoms with Gasteiger partial charge in [0.2, 0.25) is 0 Å². The number of ether oxygens (including phenoxy) is 5. The van der Waals surface area contributed by atoms with E-state index in [1.54, 1.807) is 21.3 Å². The molecule has 1 aliphatic heterocycles. The molecular formula is C28H43NO8. The van der Waals surface area contributed by atoms with Gasteiger partial charge in [-0.15, -0.1) is 0 Å². The minimum atomic E-state index is -0.922. The van der Waals surface area contributed by atoms with E-state index >= 15 is 0 Å². The maximum absolute atomic E-state index is 12.9. The zero-order chi connectivity index (χ0) is 26.5. The topological polar surface area (TPSA) is 104 Å². The predicted molar refractivity (Wildman–Crippen MR) is 131 cm³/mol. The monoisotopic (exact) mass is 521 g/mol. The Morgan fingerprint density at radius 2 is 1.81 bits per heavy atom. The first-order valence-electron chi connectivity index (χ1n) is 14.0. The van der Waals surface area contributed by atoms with Crippen LogP contribution in [0.2, 0.25) is 0 Å². The van der Waals surface area contributed by atoms with Gasteiger partial charge in [0.05, 0.1) is 24.9 Å². The smallest absolute Gasteiger partial charge is 0.303 e. The third-order valence-electron chi connectivity index (χ3n) is 11.7. The fraction of sp³-hybridized carbons (Fsp3) is 0.929. The van der Waals surface area contributed by atoms with Gasteiger partial charge in [0, 0.05) is 88.7 Å². The molecule has 208 valence electrons. The number of aliphatic hydroxyl groups is 1. The second-order valence-corrected chi connectivity index (χ2v) is 12.7. The summed E-state index contributed by atoms with van der Waals surface area (Å²) in [6.07, 6.45) is 1.46. The van der Waals surface area contributed by atoms with E-state index in [4.69, 9.17) is 23.7 Å². The maximum atomic E-state index is 12.9. The first kappa shape index (κ1) is 26.0. The molecule has 7 bridgehead atoms. The molecule has 6 rings (SSSR count). The minimum Gasteiger partial charge on any atom is -0.462 e. The molecule has 0 amide bonds. The SMILES string of the molecule is CCN1C[C@]2(COC)CC[C@H](O)[C@]34C1[C@H]([C@H](OC)[C@H]23)[C@@]1(OC(C)=O)C[C@H](OC)[C@H]2C[C@@H]4[C@@H]1[C@H]2OC(C)=O. The molecule has 5 aliphatic carbocycles. The van der Waals surface area contributed by atoms with E-state index in [1.165, 1.54) is 13.8 Å². The van der Waals surface area contributed by atoms with Crippen molar-refractivity contribution in [3.8, 4) is 0 Å². The molecule has 1 spiro atoms. The van der Waals surface area contributed by atoms with Crippen LogP contribution < -0.4 is 0 Å². The molecule has 0 radical (unpaired) electrons. The van der Waals surface area contributed by atoms with Crippen LogP contribution in [0.5, 0.6) is 0 Å². The fourth-order valence-corrected chi connectivity index (χ4v) is 11.4. The van der Waals surface area contributed by atoms with E-state index in [0.29, 0.717) is 19.4 Å². The molecule has 9 heteroatoms. The Morgan fingerprint density at radius 1 is 1.05 bits per heavy atom. The number of hydrogen-bond acceptors (Lipinski definition) is 9. The Bertz CT molecular complexity index is 960. The Labute approximate surface area is 219 Å². The summed E-state index contributed by atoms with van der Waals surface area (Å²) in [5, 5.41) is 12.1. The lowest BCUT2D eigenvalue weighted by atomic mass is 9.43. The molecular weight excluding hydrogens is 478 g/mol. The van der Waals surface area contributed by atoms with E-state index in [-0.39, 0.29) is 65.2 Å². The fourth-order valence-electron chi connectivity index (χ4n) is 11.4. The molecule has 6 fully saturated rings. The van der Waals surface area contributed by atoms with Gasteiger partial charge in [0.1, 0.15) is 11.7 Å². The van der Waals surface area contributed by atoms with Crippen molar-refractivity contribution in [1.29, 1.82) is 0 Å². The quantitative estimate of drug-likeness (QED) is 0.501. The largest absolute Gasteiger partial charge is 0.462 e. The van der Waals surface area contributed by atoms with Crippen LogP contribution in [-0.4, -0.2) is 99.0 Å². The minimum absolute atomic E-state index is 0.00590. The zero-order valence-corrected chi connectivity index (χ0v) is 23.0. The van der Waals surface area contributed by atoms with Crippen LogP contribution in [0.1, 0.15) is 46.5 Å². The molecule has 5 saturated carbocycles. The number of piperidine rings is 1. The number of hydrogen-bond donors (Lipinski definition) is 1. The van der Waals surface area contributed by atoms with Crippen molar-refractivity contribution in [2.24, 2.45) is 40.4 Å². The first-order valence-corrected chi connectivity index (χ1v) is 14.0. The number of carbonyl (C=O) groups is 2. The van der Waals surface area contributed by atoms with E-state index in [2.05, 4.69) is 11.8 Å². The third-order valence-corrected chi connectivity index (χ3v) is 11.7. The molecule has 1 saturated heterocycles. The van der Waals surface area contributed by atoms with Crippen molar-refractivity contribution < 1.29 is 38.4 Å². The van der Waals surface area contributed by atoms with Crippen LogP contribution in [0.15, 0.2) is 0 Å². The molecule has 9 nitrogen and oxygen atoms in total. The Balaban J connectivity index is 1.65. The van der Waals surface area contributed by atoms with Crippen LogP contribution in [0.25, 0.3) is 0 Å². The Hall–Kier alpha value is -1.26. The van der Waals surface area contributed by atoms with Gasteiger partial charge in [-0.25, -0.2) is 0 Å². The lowest BCUT2D eigenvalue weighted by molar-refractivity contribution is -0.278. The van der Waals surface area contributed by atoms with Crippen LogP contribution in [-0.2, 0) is 33.3 Å². The van der Waals surface area contributed by atoms with Crippen LogP contribution in [0.4, 0.5) is 0 Å². The average Bonchev–Trinajstić information content (AvgIpc) is 3.27.